The van der Waals surface area contributed by atoms with Gasteiger partial charge in [0.1, 0.15) is 0 Å². The maximum Gasteiger partial charge on any atom is 0.416 e. The van der Waals surface area contributed by atoms with Gasteiger partial charge in [0.2, 0.25) is 0 Å². The molecular weight excluding hydrogens is 331 g/mol. The molecule has 7 heteroatoms. The second kappa shape index (κ2) is 7.13. The minimum atomic E-state index is -4.43. The maximum atomic E-state index is 12.7. The van der Waals surface area contributed by atoms with Gasteiger partial charge < -0.3 is 10.2 Å². The molecule has 2 heterocycles. The Morgan fingerprint density at radius 2 is 2.12 bits per heavy atom. The lowest BCUT2D eigenvalue weighted by Crippen LogP contribution is -2.33. The number of benzene rings is 1. The fourth-order valence-electron chi connectivity index (χ4n) is 3.01. The molecule has 0 saturated carbocycles. The molecule has 0 bridgehead atoms. The quantitative estimate of drug-likeness (QED) is 0.903. The minimum absolute atomic E-state index is 0.149. The highest BCUT2D eigenvalue weighted by atomic mass is 19.4. The number of aromatic nitrogens is 1. The highest BCUT2D eigenvalue weighted by molar-refractivity contribution is 5.89. The van der Waals surface area contributed by atoms with Crippen molar-refractivity contribution in [3.63, 3.8) is 0 Å². The van der Waals surface area contributed by atoms with Crippen molar-refractivity contribution in [2.45, 2.75) is 19.0 Å². The van der Waals surface area contributed by atoms with Crippen molar-refractivity contribution >= 4 is 11.7 Å². The number of carbonyl (C=O) groups excluding carboxylic acids is 1. The fourth-order valence-corrected chi connectivity index (χ4v) is 3.01. The van der Waals surface area contributed by atoms with Gasteiger partial charge >= 0.3 is 12.2 Å². The Balaban J connectivity index is 1.58. The number of nitrogens with one attached hydrogen (secondary N) is 1. The second-order valence-corrected chi connectivity index (χ2v) is 6.17. The Labute approximate surface area is 143 Å². The van der Waals surface area contributed by atoms with Gasteiger partial charge in [0, 0.05) is 31.2 Å². The van der Waals surface area contributed by atoms with E-state index in [9.17, 15) is 18.0 Å². The van der Waals surface area contributed by atoms with Gasteiger partial charge in [0.15, 0.2) is 0 Å². The van der Waals surface area contributed by atoms with Gasteiger partial charge in [-0.15, -0.1) is 0 Å². The highest BCUT2D eigenvalue weighted by Crippen LogP contribution is 2.31. The lowest BCUT2D eigenvalue weighted by molar-refractivity contribution is -0.137. The van der Waals surface area contributed by atoms with Crippen LogP contribution in [0.25, 0.3) is 0 Å². The summed E-state index contributed by atoms with van der Waals surface area (Å²) in [5.74, 6) is 0.330. The zero-order valence-corrected chi connectivity index (χ0v) is 13.5. The van der Waals surface area contributed by atoms with E-state index < -0.39 is 11.7 Å². The number of alkyl halides is 3. The minimum Gasteiger partial charge on any atom is -0.324 e. The summed E-state index contributed by atoms with van der Waals surface area (Å²) in [6.45, 7) is 1.18. The third-order valence-corrected chi connectivity index (χ3v) is 4.26. The molecule has 1 aliphatic heterocycles. The van der Waals surface area contributed by atoms with Gasteiger partial charge in [-0.1, -0.05) is 12.1 Å². The lowest BCUT2D eigenvalue weighted by Gasteiger charge is -2.18. The number of likely N-dealkylation sites (tertiary alicyclic amines) is 1. The molecule has 1 atom stereocenters. The normalized spacial score (nSPS) is 17.6. The van der Waals surface area contributed by atoms with E-state index in [-0.39, 0.29) is 11.7 Å². The smallest absolute Gasteiger partial charge is 0.324 e. The number of amides is 2. The van der Waals surface area contributed by atoms with Crippen molar-refractivity contribution in [2.24, 2.45) is 5.92 Å². The Morgan fingerprint density at radius 1 is 1.28 bits per heavy atom. The van der Waals surface area contributed by atoms with Crippen molar-refractivity contribution in [3.05, 3.63) is 59.9 Å². The number of anilines is 1. The van der Waals surface area contributed by atoms with Gasteiger partial charge in [-0.2, -0.15) is 13.2 Å². The SMILES string of the molecule is O=C(Nc1cccc(C(F)(F)F)c1)N1CCC(Cc2cccnc2)C1. The molecule has 1 unspecified atom stereocenters. The summed E-state index contributed by atoms with van der Waals surface area (Å²) in [6, 6.07) is 8.18. The molecule has 1 aromatic heterocycles. The molecule has 0 aliphatic carbocycles. The van der Waals surface area contributed by atoms with Crippen molar-refractivity contribution < 1.29 is 18.0 Å². The van der Waals surface area contributed by atoms with E-state index in [1.807, 2.05) is 18.3 Å². The molecule has 2 amide bonds. The van der Waals surface area contributed by atoms with Crippen molar-refractivity contribution in [1.82, 2.24) is 9.88 Å². The molecule has 1 saturated heterocycles. The molecular formula is C18H18F3N3O. The number of halogens is 3. The lowest BCUT2D eigenvalue weighted by atomic mass is 10.0. The van der Waals surface area contributed by atoms with E-state index in [4.69, 9.17) is 0 Å². The van der Waals surface area contributed by atoms with E-state index >= 15 is 0 Å². The van der Waals surface area contributed by atoms with Crippen molar-refractivity contribution in [3.8, 4) is 0 Å². The average Bonchev–Trinajstić information content (AvgIpc) is 3.04. The Bertz CT molecular complexity index is 734. The largest absolute Gasteiger partial charge is 0.416 e. The van der Waals surface area contributed by atoms with E-state index in [2.05, 4.69) is 10.3 Å². The van der Waals surface area contributed by atoms with Crippen molar-refractivity contribution in [1.29, 1.82) is 0 Å². The first-order valence-electron chi connectivity index (χ1n) is 8.04. The first-order valence-corrected chi connectivity index (χ1v) is 8.04. The zero-order chi connectivity index (χ0) is 17.9. The standard InChI is InChI=1S/C18H18F3N3O/c19-18(20,21)15-4-1-5-16(10-15)23-17(25)24-8-6-14(12-24)9-13-3-2-7-22-11-13/h1-5,7,10-11,14H,6,8-9,12H2,(H,23,25). The first-order chi connectivity index (χ1) is 11.9. The summed E-state index contributed by atoms with van der Waals surface area (Å²) in [5.41, 5.74) is 0.490. The van der Waals surface area contributed by atoms with Crippen LogP contribution in [0.5, 0.6) is 0 Å². The van der Waals surface area contributed by atoms with Crippen LogP contribution >= 0.6 is 0 Å². The molecule has 25 heavy (non-hydrogen) atoms. The van der Waals surface area contributed by atoms with Crippen LogP contribution in [0.2, 0.25) is 0 Å². The number of hydrogen-bond acceptors (Lipinski definition) is 2. The van der Waals surface area contributed by atoms with Crippen LogP contribution in [0.15, 0.2) is 48.8 Å². The van der Waals surface area contributed by atoms with Crippen LogP contribution in [-0.2, 0) is 12.6 Å². The van der Waals surface area contributed by atoms with E-state index in [1.54, 1.807) is 11.1 Å². The molecule has 4 nitrogen and oxygen atoms in total. The molecule has 1 aromatic carbocycles. The number of hydrogen-bond donors (Lipinski definition) is 1. The number of urea groups is 1. The number of carbonyl (C=O) groups is 1. The Kier molecular flexibility index (Phi) is 4.92. The molecule has 132 valence electrons. The molecule has 2 aromatic rings. The summed E-state index contributed by atoms with van der Waals surface area (Å²) in [7, 11) is 0. The average molecular weight is 349 g/mol. The predicted octanol–water partition coefficient (Wildman–Crippen LogP) is 4.20. The highest BCUT2D eigenvalue weighted by Gasteiger charge is 2.31. The third-order valence-electron chi connectivity index (χ3n) is 4.26. The summed E-state index contributed by atoms with van der Waals surface area (Å²) in [4.78, 5) is 18.0. The first kappa shape index (κ1) is 17.3. The molecule has 1 N–H and O–H groups in total. The third kappa shape index (κ3) is 4.49. The maximum absolute atomic E-state index is 12.7. The summed E-state index contributed by atoms with van der Waals surface area (Å²) in [5, 5.41) is 2.56. The topological polar surface area (TPSA) is 45.2 Å². The van der Waals surface area contributed by atoms with Crippen LogP contribution in [0.3, 0.4) is 0 Å². The second-order valence-electron chi connectivity index (χ2n) is 6.17. The van der Waals surface area contributed by atoms with Crippen molar-refractivity contribution in [2.75, 3.05) is 18.4 Å². The van der Waals surface area contributed by atoms with Gasteiger partial charge in [0.25, 0.3) is 0 Å². The summed E-state index contributed by atoms with van der Waals surface area (Å²) < 4.78 is 38.2. The summed E-state index contributed by atoms with van der Waals surface area (Å²) in [6.07, 6.45) is 0.799. The fraction of sp³-hybridized carbons (Fsp3) is 0.333. The summed E-state index contributed by atoms with van der Waals surface area (Å²) >= 11 is 0. The van der Waals surface area contributed by atoms with E-state index in [0.29, 0.717) is 19.0 Å². The van der Waals surface area contributed by atoms with Gasteiger partial charge in [0.05, 0.1) is 5.56 Å². The molecule has 1 aliphatic rings. The van der Waals surface area contributed by atoms with Crippen LogP contribution in [0.4, 0.5) is 23.7 Å². The number of pyridine rings is 1. The number of nitrogens with zero attached hydrogens (tertiary/aromatic N) is 2. The van der Waals surface area contributed by atoms with Crippen LogP contribution < -0.4 is 5.32 Å². The molecule has 1 fully saturated rings. The van der Waals surface area contributed by atoms with Crippen LogP contribution in [0.1, 0.15) is 17.5 Å². The Hall–Kier alpha value is -2.57. The van der Waals surface area contributed by atoms with Gasteiger partial charge in [-0.05, 0) is 48.6 Å². The monoisotopic (exact) mass is 349 g/mol. The van der Waals surface area contributed by atoms with Gasteiger partial charge in [-0.25, -0.2) is 4.79 Å². The molecule has 0 radical (unpaired) electrons. The molecule has 0 spiro atoms. The van der Waals surface area contributed by atoms with E-state index in [0.717, 1.165) is 30.5 Å². The zero-order valence-electron chi connectivity index (χ0n) is 13.5. The number of rotatable bonds is 3. The van der Waals surface area contributed by atoms with Crippen LogP contribution in [0, 0.1) is 5.92 Å². The predicted molar refractivity (Wildman–Crippen MR) is 88.1 cm³/mol. The van der Waals surface area contributed by atoms with Crippen LogP contribution in [-0.4, -0.2) is 29.0 Å². The van der Waals surface area contributed by atoms with E-state index in [1.165, 1.54) is 12.1 Å². The molecule has 3 rings (SSSR count). The Morgan fingerprint density at radius 3 is 2.84 bits per heavy atom. The van der Waals surface area contributed by atoms with Gasteiger partial charge in [-0.3, -0.25) is 4.98 Å².